The molecule has 33 heavy (non-hydrogen) atoms. The Hall–Kier alpha value is -3.37. The van der Waals surface area contributed by atoms with Crippen LogP contribution in [0.5, 0.6) is 0 Å². The van der Waals surface area contributed by atoms with Crippen LogP contribution in [0.2, 0.25) is 0 Å². The quantitative estimate of drug-likeness (QED) is 0.592. The number of nitrogens with zero attached hydrogens (tertiary/aromatic N) is 3. The SMILES string of the molecule is Cn1c(NC2=NC3(CCCC3)C3=C(CCCC3=O)N2)nc2ccccc21.O=C(O)C(F)(F)F. The topological polar surface area (TPSA) is 109 Å². The van der Waals surface area contributed by atoms with E-state index in [9.17, 15) is 18.0 Å². The van der Waals surface area contributed by atoms with E-state index in [1.165, 1.54) is 0 Å². The average Bonchev–Trinajstić information content (AvgIpc) is 3.33. The van der Waals surface area contributed by atoms with Gasteiger partial charge in [-0.15, -0.1) is 0 Å². The molecule has 1 fully saturated rings. The normalized spacial score (nSPS) is 19.5. The van der Waals surface area contributed by atoms with Crippen LogP contribution in [0, 0.1) is 0 Å². The van der Waals surface area contributed by atoms with Crippen LogP contribution in [0.25, 0.3) is 11.0 Å². The van der Waals surface area contributed by atoms with Gasteiger partial charge in [0, 0.05) is 24.7 Å². The van der Waals surface area contributed by atoms with Gasteiger partial charge in [0.05, 0.1) is 16.6 Å². The van der Waals surface area contributed by atoms with Crippen molar-refractivity contribution in [1.29, 1.82) is 0 Å². The molecular weight excluding hydrogens is 439 g/mol. The molecule has 0 saturated heterocycles. The van der Waals surface area contributed by atoms with Crippen LogP contribution in [-0.4, -0.2) is 44.1 Å². The van der Waals surface area contributed by atoms with E-state index in [0.717, 1.165) is 72.7 Å². The molecule has 0 amide bonds. The van der Waals surface area contributed by atoms with E-state index in [2.05, 4.69) is 21.7 Å². The highest BCUT2D eigenvalue weighted by Crippen LogP contribution is 2.45. The number of guanidine groups is 1. The van der Waals surface area contributed by atoms with Crippen molar-refractivity contribution in [2.45, 2.75) is 56.7 Å². The van der Waals surface area contributed by atoms with E-state index in [1.807, 2.05) is 29.8 Å². The van der Waals surface area contributed by atoms with Crippen molar-refractivity contribution in [3.8, 4) is 0 Å². The van der Waals surface area contributed by atoms with Crippen LogP contribution in [0.3, 0.4) is 0 Å². The largest absolute Gasteiger partial charge is 0.490 e. The molecule has 0 bridgehead atoms. The Bertz CT molecular complexity index is 1160. The molecule has 0 atom stereocenters. The lowest BCUT2D eigenvalue weighted by molar-refractivity contribution is -0.192. The maximum Gasteiger partial charge on any atom is 0.490 e. The van der Waals surface area contributed by atoms with Gasteiger partial charge in [-0.1, -0.05) is 25.0 Å². The van der Waals surface area contributed by atoms with Gasteiger partial charge in [0.2, 0.25) is 11.9 Å². The predicted molar refractivity (Wildman–Crippen MR) is 116 cm³/mol. The van der Waals surface area contributed by atoms with Crippen LogP contribution in [-0.2, 0) is 16.6 Å². The number of aliphatic imine (C=N–C) groups is 1. The van der Waals surface area contributed by atoms with Crippen molar-refractivity contribution >= 4 is 34.7 Å². The molecule has 0 radical (unpaired) electrons. The Morgan fingerprint density at radius 1 is 1.18 bits per heavy atom. The number of aromatic nitrogens is 2. The Balaban J connectivity index is 0.000000325. The minimum atomic E-state index is -5.08. The molecule has 2 heterocycles. The Labute approximate surface area is 187 Å². The van der Waals surface area contributed by atoms with Gasteiger partial charge < -0.3 is 15.0 Å². The molecule has 1 saturated carbocycles. The Morgan fingerprint density at radius 3 is 2.48 bits per heavy atom. The number of ketones is 1. The molecule has 0 unspecified atom stereocenters. The third kappa shape index (κ3) is 4.44. The zero-order valence-electron chi connectivity index (χ0n) is 18.0. The molecule has 1 spiro atoms. The van der Waals surface area contributed by atoms with Crippen molar-refractivity contribution in [2.24, 2.45) is 12.0 Å². The number of hydrogen-bond donors (Lipinski definition) is 3. The van der Waals surface area contributed by atoms with Crippen molar-refractivity contribution < 1.29 is 27.9 Å². The smallest absolute Gasteiger partial charge is 0.475 e. The van der Waals surface area contributed by atoms with Crippen LogP contribution in [0.1, 0.15) is 44.9 Å². The monoisotopic (exact) mass is 463 g/mol. The number of allylic oxidation sites excluding steroid dienone is 1. The third-order valence-corrected chi connectivity index (χ3v) is 6.16. The number of carboxylic acid groups (broad SMARTS) is 1. The summed E-state index contributed by atoms with van der Waals surface area (Å²) in [5, 5.41) is 13.9. The maximum absolute atomic E-state index is 12.6. The second-order valence-corrected chi connectivity index (χ2v) is 8.37. The molecule has 1 aliphatic heterocycles. The summed E-state index contributed by atoms with van der Waals surface area (Å²) < 4.78 is 33.8. The molecule has 176 valence electrons. The summed E-state index contributed by atoms with van der Waals surface area (Å²) >= 11 is 0. The van der Waals surface area contributed by atoms with Crippen LogP contribution in [0.15, 0.2) is 40.5 Å². The summed E-state index contributed by atoms with van der Waals surface area (Å²) in [6.07, 6.45) is 1.61. The van der Waals surface area contributed by atoms with Gasteiger partial charge in [-0.2, -0.15) is 13.2 Å². The first-order valence-electron chi connectivity index (χ1n) is 10.7. The van der Waals surface area contributed by atoms with E-state index in [4.69, 9.17) is 14.9 Å². The standard InChI is InChI=1S/C20H23N5O.C2HF3O2/c1-25-15-9-3-2-7-13(15)22-19(25)23-18-21-14-8-6-10-16(26)17(14)20(24-18)11-4-5-12-20;3-2(4,5)1(6)7/h2-3,7,9H,4-6,8,10-12H2,1H3,(H2,21,22,23,24);(H,6,7). The number of alkyl halides is 3. The zero-order valence-corrected chi connectivity index (χ0v) is 18.0. The lowest BCUT2D eigenvalue weighted by Gasteiger charge is -2.37. The Morgan fingerprint density at radius 2 is 1.85 bits per heavy atom. The van der Waals surface area contributed by atoms with Crippen LogP contribution >= 0.6 is 0 Å². The molecule has 5 rings (SSSR count). The molecule has 2 aliphatic carbocycles. The highest BCUT2D eigenvalue weighted by atomic mass is 19.4. The van der Waals surface area contributed by atoms with E-state index in [1.54, 1.807) is 0 Å². The summed E-state index contributed by atoms with van der Waals surface area (Å²) in [5.74, 6) is -0.991. The van der Waals surface area contributed by atoms with E-state index < -0.39 is 12.1 Å². The highest BCUT2D eigenvalue weighted by Gasteiger charge is 2.45. The number of carbonyl (C=O) groups is 2. The number of halogens is 3. The fraction of sp³-hybridized carbons (Fsp3) is 0.455. The summed E-state index contributed by atoms with van der Waals surface area (Å²) in [6, 6.07) is 8.08. The van der Waals surface area contributed by atoms with Gasteiger partial charge in [0.25, 0.3) is 0 Å². The first-order valence-corrected chi connectivity index (χ1v) is 10.7. The second-order valence-electron chi connectivity index (χ2n) is 8.37. The minimum Gasteiger partial charge on any atom is -0.475 e. The fourth-order valence-corrected chi connectivity index (χ4v) is 4.69. The first kappa shape index (κ1) is 22.8. The van der Waals surface area contributed by atoms with E-state index >= 15 is 0 Å². The van der Waals surface area contributed by atoms with Gasteiger partial charge in [-0.3, -0.25) is 10.1 Å². The first-order chi connectivity index (χ1) is 15.6. The molecule has 3 aliphatic rings. The molecule has 2 aromatic rings. The molecule has 1 aromatic carbocycles. The number of benzene rings is 1. The zero-order chi connectivity index (χ0) is 23.8. The number of carbonyl (C=O) groups excluding carboxylic acids is 1. The number of hydrogen-bond acceptors (Lipinski definition) is 6. The number of aryl methyl sites for hydroxylation is 1. The van der Waals surface area contributed by atoms with E-state index in [0.29, 0.717) is 6.42 Å². The maximum atomic E-state index is 12.6. The van der Waals surface area contributed by atoms with Gasteiger partial charge in [0.15, 0.2) is 5.78 Å². The van der Waals surface area contributed by atoms with Gasteiger partial charge in [-0.05, 0) is 37.8 Å². The lowest BCUT2D eigenvalue weighted by atomic mass is 9.78. The predicted octanol–water partition coefficient (Wildman–Crippen LogP) is 3.90. The van der Waals surface area contributed by atoms with Crippen LogP contribution < -0.4 is 10.6 Å². The minimum absolute atomic E-state index is 0.284. The summed E-state index contributed by atoms with van der Waals surface area (Å²) in [4.78, 5) is 31.2. The van der Waals surface area contributed by atoms with Crippen molar-refractivity contribution in [1.82, 2.24) is 14.9 Å². The number of para-hydroxylation sites is 2. The van der Waals surface area contributed by atoms with Gasteiger partial charge in [0.1, 0.15) is 0 Å². The number of nitrogens with one attached hydrogen (secondary N) is 2. The molecule has 11 heteroatoms. The number of fused-ring (bicyclic) bond motifs is 2. The van der Waals surface area contributed by atoms with Crippen LogP contribution in [0.4, 0.5) is 19.1 Å². The summed E-state index contributed by atoms with van der Waals surface area (Å²) in [7, 11) is 2.00. The number of rotatable bonds is 1. The molecular formula is C22H24F3N5O3. The van der Waals surface area contributed by atoms with Gasteiger partial charge in [-0.25, -0.2) is 14.8 Å². The third-order valence-electron chi connectivity index (χ3n) is 6.16. The number of carboxylic acids is 1. The Kier molecular flexibility index (Phi) is 5.89. The number of aliphatic carboxylic acids is 1. The lowest BCUT2D eigenvalue weighted by Crippen LogP contribution is -2.46. The number of anilines is 1. The second kappa shape index (κ2) is 8.53. The van der Waals surface area contributed by atoms with Crippen molar-refractivity contribution in [3.05, 3.63) is 35.5 Å². The number of Topliss-reactive ketones (excluding diaryl/α,β-unsaturated/α-hetero) is 1. The summed E-state index contributed by atoms with van der Waals surface area (Å²) in [6.45, 7) is 0. The highest BCUT2D eigenvalue weighted by molar-refractivity contribution is 6.04. The average molecular weight is 463 g/mol. The van der Waals surface area contributed by atoms with Crippen molar-refractivity contribution in [2.75, 3.05) is 5.32 Å². The fourth-order valence-electron chi connectivity index (χ4n) is 4.69. The molecule has 8 nitrogen and oxygen atoms in total. The van der Waals surface area contributed by atoms with E-state index in [-0.39, 0.29) is 11.3 Å². The molecule has 1 aromatic heterocycles. The summed E-state index contributed by atoms with van der Waals surface area (Å²) in [5.41, 5.74) is 3.73. The molecule has 3 N–H and O–H groups in total. The van der Waals surface area contributed by atoms with Crippen molar-refractivity contribution in [3.63, 3.8) is 0 Å². The van der Waals surface area contributed by atoms with Gasteiger partial charge >= 0.3 is 12.1 Å². The number of imidazole rings is 1.